The van der Waals surface area contributed by atoms with Crippen LogP contribution in [0.1, 0.15) is 12.7 Å². The summed E-state index contributed by atoms with van der Waals surface area (Å²) in [6.45, 7) is 4.14. The van der Waals surface area contributed by atoms with Crippen molar-refractivity contribution in [1.82, 2.24) is 0 Å². The lowest BCUT2D eigenvalue weighted by Crippen LogP contribution is -2.08. The molecule has 0 amide bonds. The van der Waals surface area contributed by atoms with E-state index < -0.39 is 0 Å². The van der Waals surface area contributed by atoms with Gasteiger partial charge in [-0.3, -0.25) is 4.79 Å². The molecule has 5 heteroatoms. The van der Waals surface area contributed by atoms with Crippen LogP contribution in [0.4, 0.5) is 0 Å². The molecule has 2 aromatic carbocycles. The first kappa shape index (κ1) is 15.9. The molecule has 3 rings (SSSR count). The highest BCUT2D eigenvalue weighted by molar-refractivity contribution is 5.79. The minimum Gasteiger partial charge on any atom is -0.494 e. The molecule has 0 N–H and O–H groups in total. The fourth-order valence-electron chi connectivity index (χ4n) is 2.46. The maximum atomic E-state index is 12.8. The van der Waals surface area contributed by atoms with Crippen LogP contribution in [0.3, 0.4) is 0 Å². The number of hydrogen-bond donors (Lipinski definition) is 0. The summed E-state index contributed by atoms with van der Waals surface area (Å²) in [5, 5.41) is 0.439. The summed E-state index contributed by atoms with van der Waals surface area (Å²) in [6, 6.07) is 12.3. The molecular weight excluding hydrogens is 308 g/mol. The van der Waals surface area contributed by atoms with Crippen molar-refractivity contribution in [3.05, 3.63) is 58.4 Å². The molecule has 0 fully saturated rings. The fraction of sp³-hybridized carbons (Fsp3) is 0.211. The maximum Gasteiger partial charge on any atom is 0.235 e. The van der Waals surface area contributed by atoms with Crippen LogP contribution in [0.2, 0.25) is 0 Å². The monoisotopic (exact) mass is 326 g/mol. The van der Waals surface area contributed by atoms with Crippen LogP contribution < -0.4 is 19.6 Å². The molecule has 3 aromatic rings. The molecule has 24 heavy (non-hydrogen) atoms. The van der Waals surface area contributed by atoms with E-state index in [0.29, 0.717) is 40.6 Å². The van der Waals surface area contributed by atoms with Gasteiger partial charge in [-0.2, -0.15) is 0 Å². The van der Waals surface area contributed by atoms with Crippen molar-refractivity contribution in [2.24, 2.45) is 0 Å². The average molecular weight is 326 g/mol. The number of rotatable bonds is 5. The Bertz CT molecular complexity index is 927. The quantitative estimate of drug-likeness (QED) is 0.699. The normalized spacial score (nSPS) is 10.6. The van der Waals surface area contributed by atoms with Gasteiger partial charge >= 0.3 is 0 Å². The van der Waals surface area contributed by atoms with Gasteiger partial charge in [-0.15, -0.1) is 0 Å². The molecule has 0 bridgehead atoms. The third-order valence-electron chi connectivity index (χ3n) is 3.58. The molecule has 0 radical (unpaired) electrons. The van der Waals surface area contributed by atoms with Crippen molar-refractivity contribution < 1.29 is 18.6 Å². The van der Waals surface area contributed by atoms with E-state index in [-0.39, 0.29) is 11.2 Å². The lowest BCUT2D eigenvalue weighted by atomic mass is 10.2. The van der Waals surface area contributed by atoms with Crippen LogP contribution in [-0.2, 0) is 0 Å². The highest BCUT2D eigenvalue weighted by atomic mass is 16.5. The van der Waals surface area contributed by atoms with E-state index >= 15 is 0 Å². The third-order valence-corrected chi connectivity index (χ3v) is 3.58. The van der Waals surface area contributed by atoms with E-state index in [9.17, 15) is 4.79 Å². The zero-order valence-electron chi connectivity index (χ0n) is 13.8. The van der Waals surface area contributed by atoms with Crippen molar-refractivity contribution in [3.8, 4) is 23.0 Å². The lowest BCUT2D eigenvalue weighted by Gasteiger charge is -2.12. The van der Waals surface area contributed by atoms with Crippen molar-refractivity contribution in [3.63, 3.8) is 0 Å². The predicted molar refractivity (Wildman–Crippen MR) is 91.5 cm³/mol. The van der Waals surface area contributed by atoms with Crippen LogP contribution in [-0.4, -0.2) is 13.7 Å². The van der Waals surface area contributed by atoms with Gasteiger partial charge in [0.2, 0.25) is 11.2 Å². The molecule has 1 aromatic heterocycles. The Labute approximate surface area is 139 Å². The van der Waals surface area contributed by atoms with Crippen LogP contribution in [0.5, 0.6) is 23.0 Å². The van der Waals surface area contributed by atoms with Gasteiger partial charge in [0.15, 0.2) is 11.5 Å². The Kier molecular flexibility index (Phi) is 4.42. The number of methoxy groups -OCH3 is 1. The lowest BCUT2D eigenvalue weighted by molar-refractivity contribution is 0.340. The molecule has 124 valence electrons. The molecule has 0 spiro atoms. The van der Waals surface area contributed by atoms with Crippen LogP contribution in [0.25, 0.3) is 11.0 Å². The molecule has 0 atom stereocenters. The highest BCUT2D eigenvalue weighted by Crippen LogP contribution is 2.32. The van der Waals surface area contributed by atoms with Crippen molar-refractivity contribution in [2.45, 2.75) is 13.8 Å². The van der Waals surface area contributed by atoms with Crippen molar-refractivity contribution in [1.29, 1.82) is 0 Å². The van der Waals surface area contributed by atoms with Gasteiger partial charge in [0, 0.05) is 6.07 Å². The molecule has 1 heterocycles. The highest BCUT2D eigenvalue weighted by Gasteiger charge is 2.16. The molecule has 0 unspecified atom stereocenters. The molecule has 0 saturated heterocycles. The second-order valence-electron chi connectivity index (χ2n) is 5.16. The Morgan fingerprint density at radius 3 is 2.54 bits per heavy atom. The third kappa shape index (κ3) is 2.93. The van der Waals surface area contributed by atoms with Crippen LogP contribution in [0, 0.1) is 6.92 Å². The molecule has 0 aliphatic heterocycles. The average Bonchev–Trinajstić information content (AvgIpc) is 2.59. The Morgan fingerprint density at radius 1 is 1.08 bits per heavy atom. The summed E-state index contributed by atoms with van der Waals surface area (Å²) in [5.41, 5.74) is 0.235. The molecule has 0 aliphatic rings. The summed E-state index contributed by atoms with van der Waals surface area (Å²) < 4.78 is 22.2. The predicted octanol–water partition coefficient (Wildman–Crippen LogP) is 4.30. The number of fused-ring (bicyclic) bond motifs is 1. The fourth-order valence-corrected chi connectivity index (χ4v) is 2.46. The van der Waals surface area contributed by atoms with E-state index in [1.165, 1.54) is 0 Å². The summed E-state index contributed by atoms with van der Waals surface area (Å²) >= 11 is 0. The Morgan fingerprint density at radius 2 is 1.83 bits per heavy atom. The minimum absolute atomic E-state index is 0.149. The van der Waals surface area contributed by atoms with Crippen molar-refractivity contribution >= 4 is 11.0 Å². The largest absolute Gasteiger partial charge is 0.494 e. The minimum atomic E-state index is -0.234. The van der Waals surface area contributed by atoms with Gasteiger partial charge in [-0.1, -0.05) is 12.1 Å². The zero-order valence-corrected chi connectivity index (χ0v) is 13.8. The SMILES string of the molecule is CCOc1ccc2c(=O)c(Oc3ccccc3OC)c(C)oc2c1. The Hall–Kier alpha value is -2.95. The smallest absolute Gasteiger partial charge is 0.235 e. The van der Waals surface area contributed by atoms with Gasteiger partial charge in [0.25, 0.3) is 0 Å². The number of hydrogen-bond acceptors (Lipinski definition) is 5. The molecule has 0 saturated carbocycles. The van der Waals surface area contributed by atoms with E-state index in [0.717, 1.165) is 0 Å². The maximum absolute atomic E-state index is 12.8. The summed E-state index contributed by atoms with van der Waals surface area (Å²) in [4.78, 5) is 12.8. The standard InChI is InChI=1S/C19H18O5/c1-4-22-13-9-10-14-17(11-13)23-12(2)19(18(14)20)24-16-8-6-5-7-15(16)21-3/h5-11H,4H2,1-3H3. The van der Waals surface area contributed by atoms with E-state index in [4.69, 9.17) is 18.6 Å². The van der Waals surface area contributed by atoms with Gasteiger partial charge in [0.1, 0.15) is 17.1 Å². The second-order valence-corrected chi connectivity index (χ2v) is 5.16. The van der Waals surface area contributed by atoms with Gasteiger partial charge in [-0.05, 0) is 38.1 Å². The van der Waals surface area contributed by atoms with Crippen LogP contribution in [0.15, 0.2) is 51.7 Å². The van der Waals surface area contributed by atoms with Gasteiger partial charge < -0.3 is 18.6 Å². The number of ether oxygens (including phenoxy) is 3. The first-order valence-electron chi connectivity index (χ1n) is 7.65. The second kappa shape index (κ2) is 6.66. The summed E-state index contributed by atoms with van der Waals surface area (Å²) in [7, 11) is 1.55. The van der Waals surface area contributed by atoms with Gasteiger partial charge in [0.05, 0.1) is 19.1 Å². The molecule has 5 nitrogen and oxygen atoms in total. The number of benzene rings is 2. The topological polar surface area (TPSA) is 57.9 Å². The summed E-state index contributed by atoms with van der Waals surface area (Å²) in [5.74, 6) is 2.21. The zero-order chi connectivity index (χ0) is 17.1. The van der Waals surface area contributed by atoms with Crippen molar-refractivity contribution in [2.75, 3.05) is 13.7 Å². The van der Waals surface area contributed by atoms with E-state index in [1.54, 1.807) is 44.4 Å². The van der Waals surface area contributed by atoms with E-state index in [1.807, 2.05) is 19.1 Å². The Balaban J connectivity index is 2.09. The molecule has 0 aliphatic carbocycles. The molecular formula is C19H18O5. The first-order chi connectivity index (χ1) is 11.6. The van der Waals surface area contributed by atoms with E-state index in [2.05, 4.69) is 0 Å². The van der Waals surface area contributed by atoms with Crippen LogP contribution >= 0.6 is 0 Å². The summed E-state index contributed by atoms with van der Waals surface area (Å²) in [6.07, 6.45) is 0. The van der Waals surface area contributed by atoms with Gasteiger partial charge in [-0.25, -0.2) is 0 Å². The number of para-hydroxylation sites is 2. The first-order valence-corrected chi connectivity index (χ1v) is 7.65. The number of aryl methyl sites for hydroxylation is 1.